The summed E-state index contributed by atoms with van der Waals surface area (Å²) < 4.78 is 12.7. The van der Waals surface area contributed by atoms with E-state index in [0.29, 0.717) is 5.69 Å². The predicted octanol–water partition coefficient (Wildman–Crippen LogP) is 1.06. The van der Waals surface area contributed by atoms with Crippen molar-refractivity contribution < 1.29 is 9.50 Å². The van der Waals surface area contributed by atoms with E-state index in [1.54, 1.807) is 6.07 Å². The SMILES string of the molecule is N#Cc1cc(F)cc(NCO)c1. The van der Waals surface area contributed by atoms with Crippen LogP contribution in [0.4, 0.5) is 10.1 Å². The van der Waals surface area contributed by atoms with Gasteiger partial charge in [0.2, 0.25) is 0 Å². The van der Waals surface area contributed by atoms with Crippen molar-refractivity contribution in [2.24, 2.45) is 0 Å². The zero-order valence-corrected chi connectivity index (χ0v) is 6.21. The van der Waals surface area contributed by atoms with E-state index < -0.39 is 5.82 Å². The summed E-state index contributed by atoms with van der Waals surface area (Å²) in [4.78, 5) is 0. The third kappa shape index (κ3) is 1.94. The van der Waals surface area contributed by atoms with Crippen LogP contribution in [0.15, 0.2) is 18.2 Å². The van der Waals surface area contributed by atoms with Crippen molar-refractivity contribution in [1.82, 2.24) is 0 Å². The van der Waals surface area contributed by atoms with Gasteiger partial charge in [-0.2, -0.15) is 5.26 Å². The number of hydrogen-bond donors (Lipinski definition) is 2. The molecule has 2 N–H and O–H groups in total. The first kappa shape index (κ1) is 8.50. The van der Waals surface area contributed by atoms with Crippen LogP contribution in [0.2, 0.25) is 0 Å². The molecule has 0 spiro atoms. The Labute approximate surface area is 69.1 Å². The third-order valence-electron chi connectivity index (χ3n) is 1.31. The topological polar surface area (TPSA) is 56.0 Å². The summed E-state index contributed by atoms with van der Waals surface area (Å²) in [6.45, 7) is -0.283. The van der Waals surface area contributed by atoms with Crippen LogP contribution in [0.3, 0.4) is 0 Å². The number of hydrogen-bond acceptors (Lipinski definition) is 3. The molecule has 0 aliphatic rings. The summed E-state index contributed by atoms with van der Waals surface area (Å²) in [5.41, 5.74) is 0.625. The van der Waals surface area contributed by atoms with Gasteiger partial charge >= 0.3 is 0 Å². The van der Waals surface area contributed by atoms with Crippen molar-refractivity contribution in [3.8, 4) is 6.07 Å². The number of aliphatic hydroxyl groups is 1. The Hall–Kier alpha value is -1.60. The highest BCUT2D eigenvalue weighted by Crippen LogP contribution is 2.12. The molecule has 0 atom stereocenters. The summed E-state index contributed by atoms with van der Waals surface area (Å²) in [5, 5.41) is 19.4. The molecule has 0 fully saturated rings. The molecule has 0 aromatic heterocycles. The first-order valence-corrected chi connectivity index (χ1v) is 3.31. The van der Waals surface area contributed by atoms with Crippen molar-refractivity contribution in [3.63, 3.8) is 0 Å². The van der Waals surface area contributed by atoms with Crippen molar-refractivity contribution in [2.45, 2.75) is 0 Å². The van der Waals surface area contributed by atoms with Crippen molar-refractivity contribution >= 4 is 5.69 Å². The summed E-state index contributed by atoms with van der Waals surface area (Å²) in [5.74, 6) is -0.495. The van der Waals surface area contributed by atoms with Gasteiger partial charge in [-0.1, -0.05) is 0 Å². The molecule has 1 aromatic carbocycles. The standard InChI is InChI=1S/C8H7FN2O/c9-7-1-6(4-10)2-8(3-7)11-5-12/h1-3,11-12H,5H2. The molecule has 0 saturated carbocycles. The smallest absolute Gasteiger partial charge is 0.126 e. The molecule has 0 saturated heterocycles. The van der Waals surface area contributed by atoms with Crippen LogP contribution in [0.5, 0.6) is 0 Å². The second-order valence-electron chi connectivity index (χ2n) is 2.18. The molecule has 0 radical (unpaired) electrons. The average Bonchev–Trinajstić information content (AvgIpc) is 2.04. The van der Waals surface area contributed by atoms with Gasteiger partial charge in [-0.05, 0) is 18.2 Å². The minimum absolute atomic E-state index is 0.228. The summed E-state index contributed by atoms with van der Waals surface area (Å²) in [7, 11) is 0. The number of halogens is 1. The zero-order valence-electron chi connectivity index (χ0n) is 6.21. The molecule has 1 aromatic rings. The summed E-state index contributed by atoms with van der Waals surface area (Å²) in [6, 6.07) is 5.60. The molecule has 62 valence electrons. The van der Waals surface area contributed by atoms with Gasteiger partial charge in [0, 0.05) is 5.69 Å². The number of benzene rings is 1. The maximum absolute atomic E-state index is 12.7. The van der Waals surface area contributed by atoms with Gasteiger partial charge in [0.25, 0.3) is 0 Å². The van der Waals surface area contributed by atoms with E-state index in [9.17, 15) is 4.39 Å². The lowest BCUT2D eigenvalue weighted by Crippen LogP contribution is -1.99. The fourth-order valence-corrected chi connectivity index (χ4v) is 0.848. The molecule has 3 nitrogen and oxygen atoms in total. The van der Waals surface area contributed by atoms with E-state index >= 15 is 0 Å². The van der Waals surface area contributed by atoms with Crippen LogP contribution < -0.4 is 5.32 Å². The van der Waals surface area contributed by atoms with E-state index in [4.69, 9.17) is 10.4 Å². The quantitative estimate of drug-likeness (QED) is 0.646. The minimum Gasteiger partial charge on any atom is -0.377 e. The molecule has 0 bridgehead atoms. The number of aliphatic hydroxyl groups excluding tert-OH is 1. The number of nitrogens with zero attached hydrogens (tertiary/aromatic N) is 1. The maximum Gasteiger partial charge on any atom is 0.126 e. The van der Waals surface area contributed by atoms with Crippen LogP contribution in [0, 0.1) is 17.1 Å². The highest BCUT2D eigenvalue weighted by Gasteiger charge is 1.98. The predicted molar refractivity (Wildman–Crippen MR) is 41.8 cm³/mol. The van der Waals surface area contributed by atoms with Gasteiger partial charge in [0.15, 0.2) is 0 Å². The van der Waals surface area contributed by atoms with E-state index in [-0.39, 0.29) is 12.3 Å². The van der Waals surface area contributed by atoms with Crippen molar-refractivity contribution in [3.05, 3.63) is 29.6 Å². The molecule has 0 unspecified atom stereocenters. The molecule has 0 amide bonds. The van der Waals surface area contributed by atoms with E-state index in [1.807, 2.05) is 0 Å². The Morgan fingerprint density at radius 2 is 2.25 bits per heavy atom. The van der Waals surface area contributed by atoms with Crippen LogP contribution in [-0.2, 0) is 0 Å². The van der Waals surface area contributed by atoms with E-state index in [1.165, 1.54) is 12.1 Å². The largest absolute Gasteiger partial charge is 0.377 e. The lowest BCUT2D eigenvalue weighted by molar-refractivity contribution is 0.325. The number of anilines is 1. The van der Waals surface area contributed by atoms with E-state index in [0.717, 1.165) is 6.07 Å². The summed E-state index contributed by atoms with van der Waals surface area (Å²) >= 11 is 0. The number of rotatable bonds is 2. The monoisotopic (exact) mass is 166 g/mol. The fraction of sp³-hybridized carbons (Fsp3) is 0.125. The fourth-order valence-electron chi connectivity index (χ4n) is 0.848. The number of nitrogens with one attached hydrogen (secondary N) is 1. The van der Waals surface area contributed by atoms with E-state index in [2.05, 4.69) is 5.32 Å². The van der Waals surface area contributed by atoms with Gasteiger partial charge < -0.3 is 10.4 Å². The Kier molecular flexibility index (Phi) is 2.62. The van der Waals surface area contributed by atoms with Crippen LogP contribution in [0.25, 0.3) is 0 Å². The molecule has 12 heavy (non-hydrogen) atoms. The first-order chi connectivity index (χ1) is 5.76. The second kappa shape index (κ2) is 3.69. The molecule has 0 aliphatic carbocycles. The normalized spacial score (nSPS) is 9.08. The van der Waals surface area contributed by atoms with Gasteiger partial charge in [-0.3, -0.25) is 0 Å². The Morgan fingerprint density at radius 1 is 1.50 bits per heavy atom. The average molecular weight is 166 g/mol. The Bertz CT molecular complexity index is 319. The number of nitriles is 1. The van der Waals surface area contributed by atoms with Gasteiger partial charge in [0.1, 0.15) is 12.5 Å². The maximum atomic E-state index is 12.7. The second-order valence-corrected chi connectivity index (χ2v) is 2.18. The molecule has 0 aliphatic heterocycles. The van der Waals surface area contributed by atoms with Gasteiger partial charge in [-0.25, -0.2) is 4.39 Å². The highest BCUT2D eigenvalue weighted by atomic mass is 19.1. The molecule has 4 heteroatoms. The van der Waals surface area contributed by atoms with Crippen LogP contribution in [0.1, 0.15) is 5.56 Å². The first-order valence-electron chi connectivity index (χ1n) is 3.31. The minimum atomic E-state index is -0.495. The lowest BCUT2D eigenvalue weighted by atomic mass is 10.2. The van der Waals surface area contributed by atoms with Crippen molar-refractivity contribution in [1.29, 1.82) is 5.26 Å². The molecule has 1 rings (SSSR count). The van der Waals surface area contributed by atoms with Gasteiger partial charge in [-0.15, -0.1) is 0 Å². The molecule has 0 heterocycles. The van der Waals surface area contributed by atoms with Crippen molar-refractivity contribution in [2.75, 3.05) is 12.0 Å². The Balaban J connectivity index is 3.00. The highest BCUT2D eigenvalue weighted by molar-refractivity contribution is 5.49. The molecular formula is C8H7FN2O. The van der Waals surface area contributed by atoms with Gasteiger partial charge in [0.05, 0.1) is 11.6 Å². The third-order valence-corrected chi connectivity index (χ3v) is 1.31. The van der Waals surface area contributed by atoms with Crippen LogP contribution >= 0.6 is 0 Å². The lowest BCUT2D eigenvalue weighted by Gasteiger charge is -2.01. The summed E-state index contributed by atoms with van der Waals surface area (Å²) in [6.07, 6.45) is 0. The van der Waals surface area contributed by atoms with Crippen LogP contribution in [-0.4, -0.2) is 11.8 Å². The molecular weight excluding hydrogens is 159 g/mol. The zero-order chi connectivity index (χ0) is 8.97. The Morgan fingerprint density at radius 3 is 2.83 bits per heavy atom.